The number of nitrogens with zero attached hydrogens (tertiary/aromatic N) is 3. The molecule has 2 heterocycles. The Morgan fingerprint density at radius 2 is 2.14 bits per heavy atom. The summed E-state index contributed by atoms with van der Waals surface area (Å²) in [7, 11) is 0. The summed E-state index contributed by atoms with van der Waals surface area (Å²) < 4.78 is 38.3. The minimum absolute atomic E-state index is 0.108. The first-order valence-electron chi connectivity index (χ1n) is 8.31. The molecule has 1 aliphatic rings. The number of alkyl halides is 3. The summed E-state index contributed by atoms with van der Waals surface area (Å²) in [6, 6.07) is 4.92. The lowest BCUT2D eigenvalue weighted by Crippen LogP contribution is -2.27. The summed E-state index contributed by atoms with van der Waals surface area (Å²) >= 11 is 5.99. The lowest BCUT2D eigenvalue weighted by molar-refractivity contribution is -0.384. The fraction of sp³-hybridized carbons (Fsp3) is 0.353. The third-order valence-corrected chi connectivity index (χ3v) is 4.71. The molecule has 0 saturated carbocycles. The number of benzene rings is 1. The van der Waals surface area contributed by atoms with Gasteiger partial charge in [0.1, 0.15) is 11.5 Å². The number of aliphatic hydroxyl groups excluding tert-OH is 1. The zero-order chi connectivity index (χ0) is 20.5. The molecule has 11 heteroatoms. The third kappa shape index (κ3) is 4.28. The molecule has 2 N–H and O–H groups in total. The maximum atomic E-state index is 12.8. The zero-order valence-corrected chi connectivity index (χ0v) is 15.2. The van der Waals surface area contributed by atoms with E-state index >= 15 is 0 Å². The van der Waals surface area contributed by atoms with Crippen molar-refractivity contribution in [3.8, 4) is 0 Å². The van der Waals surface area contributed by atoms with Crippen LogP contribution in [-0.4, -0.2) is 34.1 Å². The second-order valence-electron chi connectivity index (χ2n) is 6.37. The van der Waals surface area contributed by atoms with Crippen molar-refractivity contribution in [2.24, 2.45) is 0 Å². The van der Waals surface area contributed by atoms with Crippen LogP contribution in [0.3, 0.4) is 0 Å². The highest BCUT2D eigenvalue weighted by Gasteiger charge is 2.33. The van der Waals surface area contributed by atoms with Gasteiger partial charge in [0.25, 0.3) is 5.69 Å². The molecule has 1 atom stereocenters. The second-order valence-corrected chi connectivity index (χ2v) is 6.78. The Kier molecular flexibility index (Phi) is 5.61. The third-order valence-electron chi connectivity index (χ3n) is 4.44. The molecule has 1 aromatic carbocycles. The maximum Gasteiger partial charge on any atom is 0.417 e. The normalized spacial score (nSPS) is 17.0. The molecular formula is C17H16ClF3N4O3. The zero-order valence-electron chi connectivity index (χ0n) is 14.4. The SMILES string of the molecule is O=[N+]([O-])c1ccc(CO)cc1NC1CCN(c2ncc(C(F)(F)F)cc2Cl)C1. The monoisotopic (exact) mass is 416 g/mol. The second kappa shape index (κ2) is 7.80. The molecule has 1 saturated heterocycles. The van der Waals surface area contributed by atoms with Gasteiger partial charge in [-0.05, 0) is 30.2 Å². The van der Waals surface area contributed by atoms with Crippen LogP contribution in [0.15, 0.2) is 30.5 Å². The van der Waals surface area contributed by atoms with Crippen LogP contribution in [0.1, 0.15) is 17.5 Å². The smallest absolute Gasteiger partial charge is 0.392 e. The molecule has 1 aliphatic heterocycles. The highest BCUT2D eigenvalue weighted by Crippen LogP contribution is 2.35. The molecule has 0 spiro atoms. The summed E-state index contributed by atoms with van der Waals surface area (Å²) in [6.45, 7) is 0.580. The molecule has 0 aliphatic carbocycles. The van der Waals surface area contributed by atoms with Crippen LogP contribution < -0.4 is 10.2 Å². The molecule has 0 radical (unpaired) electrons. The number of rotatable bonds is 5. The molecule has 2 aromatic rings. The Hall–Kier alpha value is -2.59. The fourth-order valence-corrected chi connectivity index (χ4v) is 3.35. The topological polar surface area (TPSA) is 91.5 Å². The minimum atomic E-state index is -4.53. The van der Waals surface area contributed by atoms with Crippen LogP contribution in [0.5, 0.6) is 0 Å². The number of aliphatic hydroxyl groups is 1. The number of nitro benzene ring substituents is 1. The lowest BCUT2D eigenvalue weighted by Gasteiger charge is -2.20. The molecule has 0 amide bonds. The number of aromatic nitrogens is 1. The van der Waals surface area contributed by atoms with E-state index in [-0.39, 0.29) is 34.9 Å². The van der Waals surface area contributed by atoms with Gasteiger partial charge in [-0.3, -0.25) is 10.1 Å². The molecule has 28 heavy (non-hydrogen) atoms. The van der Waals surface area contributed by atoms with Crippen LogP contribution in [0.2, 0.25) is 5.02 Å². The predicted molar refractivity (Wildman–Crippen MR) is 97.5 cm³/mol. The van der Waals surface area contributed by atoms with Crippen molar-refractivity contribution in [1.82, 2.24) is 4.98 Å². The molecule has 0 bridgehead atoms. The summed E-state index contributed by atoms with van der Waals surface area (Å²) in [5.41, 5.74) is -0.252. The van der Waals surface area contributed by atoms with Gasteiger partial charge in [-0.1, -0.05) is 11.6 Å². The van der Waals surface area contributed by atoms with Gasteiger partial charge in [0.2, 0.25) is 0 Å². The van der Waals surface area contributed by atoms with Crippen molar-refractivity contribution in [2.75, 3.05) is 23.3 Å². The Balaban J connectivity index is 1.76. The number of pyridine rings is 1. The summed E-state index contributed by atoms with van der Waals surface area (Å²) in [6.07, 6.45) is -3.21. The number of nitrogens with one attached hydrogen (secondary N) is 1. The van der Waals surface area contributed by atoms with E-state index in [9.17, 15) is 28.4 Å². The molecule has 1 unspecified atom stereocenters. The largest absolute Gasteiger partial charge is 0.417 e. The maximum absolute atomic E-state index is 12.8. The summed E-state index contributed by atoms with van der Waals surface area (Å²) in [4.78, 5) is 16.3. The molecule has 7 nitrogen and oxygen atoms in total. The average molecular weight is 417 g/mol. The van der Waals surface area contributed by atoms with E-state index in [2.05, 4.69) is 10.3 Å². The van der Waals surface area contributed by atoms with Gasteiger partial charge in [0.15, 0.2) is 0 Å². The van der Waals surface area contributed by atoms with Crippen molar-refractivity contribution >= 4 is 28.8 Å². The first kappa shape index (κ1) is 20.2. The van der Waals surface area contributed by atoms with Crippen LogP contribution >= 0.6 is 11.6 Å². The van der Waals surface area contributed by atoms with Gasteiger partial charge in [-0.2, -0.15) is 13.2 Å². The fourth-order valence-electron chi connectivity index (χ4n) is 3.07. The van der Waals surface area contributed by atoms with E-state index in [1.165, 1.54) is 18.2 Å². The van der Waals surface area contributed by atoms with Crippen molar-refractivity contribution in [3.63, 3.8) is 0 Å². The van der Waals surface area contributed by atoms with E-state index in [4.69, 9.17) is 11.6 Å². The Bertz CT molecular complexity index is 894. The number of halogens is 4. The van der Waals surface area contributed by atoms with Crippen molar-refractivity contribution in [3.05, 3.63) is 56.7 Å². The Labute approximate surface area is 162 Å². The molecule has 150 valence electrons. The van der Waals surface area contributed by atoms with Crippen LogP contribution in [0, 0.1) is 10.1 Å². The number of hydrogen-bond donors (Lipinski definition) is 2. The molecule has 1 aromatic heterocycles. The van der Waals surface area contributed by atoms with E-state index in [1.54, 1.807) is 4.90 Å². The Morgan fingerprint density at radius 1 is 1.39 bits per heavy atom. The number of hydrogen-bond acceptors (Lipinski definition) is 6. The first-order chi connectivity index (χ1) is 13.2. The quantitative estimate of drug-likeness (QED) is 0.568. The van der Waals surface area contributed by atoms with Crippen LogP contribution in [0.4, 0.5) is 30.4 Å². The van der Waals surface area contributed by atoms with Crippen molar-refractivity contribution < 1.29 is 23.2 Å². The predicted octanol–water partition coefficient (Wildman–Crippen LogP) is 3.85. The van der Waals surface area contributed by atoms with Crippen molar-refractivity contribution in [1.29, 1.82) is 0 Å². The van der Waals surface area contributed by atoms with E-state index < -0.39 is 16.7 Å². The van der Waals surface area contributed by atoms with Gasteiger partial charge >= 0.3 is 6.18 Å². The van der Waals surface area contributed by atoms with Crippen LogP contribution in [0.25, 0.3) is 0 Å². The highest BCUT2D eigenvalue weighted by atomic mass is 35.5. The standard InChI is InChI=1S/C17H16ClF3N4O3/c18-13-6-11(17(19,20)21)7-22-16(13)24-4-3-12(8-24)23-14-5-10(9-26)1-2-15(14)25(27)28/h1-2,5-7,12,23,26H,3-4,8-9H2. The number of anilines is 2. The van der Waals surface area contributed by atoms with E-state index in [0.717, 1.165) is 12.3 Å². The van der Waals surface area contributed by atoms with Gasteiger partial charge < -0.3 is 15.3 Å². The van der Waals surface area contributed by atoms with Crippen LogP contribution in [-0.2, 0) is 12.8 Å². The van der Waals surface area contributed by atoms with Gasteiger partial charge in [0.05, 0.1) is 22.1 Å². The average Bonchev–Trinajstić information content (AvgIpc) is 3.08. The first-order valence-corrected chi connectivity index (χ1v) is 8.69. The molecule has 3 rings (SSSR count). The number of nitro groups is 1. The minimum Gasteiger partial charge on any atom is -0.392 e. The van der Waals surface area contributed by atoms with Gasteiger partial charge in [0, 0.05) is 31.4 Å². The lowest BCUT2D eigenvalue weighted by atomic mass is 10.1. The van der Waals surface area contributed by atoms with E-state index in [1.807, 2.05) is 0 Å². The molecule has 1 fully saturated rings. The van der Waals surface area contributed by atoms with Gasteiger partial charge in [-0.15, -0.1) is 0 Å². The van der Waals surface area contributed by atoms with E-state index in [0.29, 0.717) is 25.1 Å². The highest BCUT2D eigenvalue weighted by molar-refractivity contribution is 6.33. The Morgan fingerprint density at radius 3 is 2.75 bits per heavy atom. The van der Waals surface area contributed by atoms with Crippen molar-refractivity contribution in [2.45, 2.75) is 25.2 Å². The molecular weight excluding hydrogens is 401 g/mol. The summed E-state index contributed by atoms with van der Waals surface area (Å²) in [5.74, 6) is 0.234. The van der Waals surface area contributed by atoms with Gasteiger partial charge in [-0.25, -0.2) is 4.98 Å². The summed E-state index contributed by atoms with van der Waals surface area (Å²) in [5, 5.41) is 23.4.